The van der Waals surface area contributed by atoms with E-state index in [2.05, 4.69) is 43.0 Å². The Morgan fingerprint density at radius 3 is 1.83 bits per heavy atom. The molecule has 0 spiro atoms. The van der Waals surface area contributed by atoms with Crippen molar-refractivity contribution in [3.63, 3.8) is 0 Å². The molecule has 0 unspecified atom stereocenters. The van der Waals surface area contributed by atoms with E-state index in [1.165, 1.54) is 0 Å². The lowest BCUT2D eigenvalue weighted by atomic mass is 10.0. The van der Waals surface area contributed by atoms with Crippen LogP contribution in [0.4, 0.5) is 5.82 Å². The third kappa shape index (κ3) is 3.24. The van der Waals surface area contributed by atoms with Gasteiger partial charge in [0.1, 0.15) is 5.82 Å². The van der Waals surface area contributed by atoms with Gasteiger partial charge >= 0.3 is 0 Å². The van der Waals surface area contributed by atoms with Crippen LogP contribution in [0.25, 0.3) is 22.5 Å². The molecule has 0 N–H and O–H groups in total. The van der Waals surface area contributed by atoms with Crippen LogP contribution in [0.15, 0.2) is 66.9 Å². The fourth-order valence-corrected chi connectivity index (χ4v) is 2.42. The molecule has 1 aromatic heterocycles. The van der Waals surface area contributed by atoms with Crippen LogP contribution in [0, 0.1) is 0 Å². The summed E-state index contributed by atoms with van der Waals surface area (Å²) >= 11 is 0. The molecule has 0 aliphatic carbocycles. The fraction of sp³-hybridized carbons (Fsp3) is 0.200. The van der Waals surface area contributed by atoms with Crippen LogP contribution in [0.5, 0.6) is 0 Å². The summed E-state index contributed by atoms with van der Waals surface area (Å²) in [5.74, 6) is 0.888. The topological polar surface area (TPSA) is 29.0 Å². The highest BCUT2D eigenvalue weighted by molar-refractivity contribution is 5.78. The molecule has 0 aliphatic heterocycles. The first-order valence-corrected chi connectivity index (χ1v) is 7.87. The van der Waals surface area contributed by atoms with Crippen LogP contribution in [-0.4, -0.2) is 23.1 Å². The van der Waals surface area contributed by atoms with E-state index in [0.717, 1.165) is 28.3 Å². The molecule has 3 aromatic rings. The molecule has 23 heavy (non-hydrogen) atoms. The molecule has 116 valence electrons. The van der Waals surface area contributed by atoms with E-state index >= 15 is 0 Å². The van der Waals surface area contributed by atoms with Gasteiger partial charge in [-0.3, -0.25) is 4.98 Å². The van der Waals surface area contributed by atoms with E-state index in [-0.39, 0.29) is 0 Å². The summed E-state index contributed by atoms with van der Waals surface area (Å²) < 4.78 is 0. The highest BCUT2D eigenvalue weighted by atomic mass is 15.2. The zero-order valence-electron chi connectivity index (χ0n) is 13.8. The Kier molecular flexibility index (Phi) is 4.38. The van der Waals surface area contributed by atoms with Crippen molar-refractivity contribution in [1.29, 1.82) is 0 Å². The molecule has 2 aromatic carbocycles. The molecule has 0 aliphatic rings. The molecule has 0 fully saturated rings. The second kappa shape index (κ2) is 6.61. The lowest BCUT2D eigenvalue weighted by Gasteiger charge is -2.23. The first-order valence-electron chi connectivity index (χ1n) is 7.87. The Balaban J connectivity index is 2.17. The highest BCUT2D eigenvalue weighted by Gasteiger charge is 2.14. The second-order valence-corrected chi connectivity index (χ2v) is 5.86. The van der Waals surface area contributed by atoms with Gasteiger partial charge in [0, 0.05) is 24.2 Å². The lowest BCUT2D eigenvalue weighted by Crippen LogP contribution is -2.26. The van der Waals surface area contributed by atoms with Crippen LogP contribution in [0.1, 0.15) is 13.8 Å². The summed E-state index contributed by atoms with van der Waals surface area (Å²) in [7, 11) is 2.05. The maximum Gasteiger partial charge on any atom is 0.147 e. The zero-order valence-corrected chi connectivity index (χ0v) is 13.8. The van der Waals surface area contributed by atoms with Crippen molar-refractivity contribution in [2.24, 2.45) is 0 Å². The average molecular weight is 303 g/mol. The van der Waals surface area contributed by atoms with E-state index in [9.17, 15) is 0 Å². The quantitative estimate of drug-likeness (QED) is 0.702. The predicted octanol–water partition coefficient (Wildman–Crippen LogP) is 4.66. The fourth-order valence-electron chi connectivity index (χ4n) is 2.42. The lowest BCUT2D eigenvalue weighted by molar-refractivity contribution is 0.741. The molecule has 3 nitrogen and oxygen atoms in total. The van der Waals surface area contributed by atoms with Crippen molar-refractivity contribution in [2.75, 3.05) is 11.9 Å². The Morgan fingerprint density at radius 1 is 0.783 bits per heavy atom. The Labute approximate surface area is 137 Å². The van der Waals surface area contributed by atoms with E-state index in [1.807, 2.05) is 49.6 Å². The summed E-state index contributed by atoms with van der Waals surface area (Å²) in [6.07, 6.45) is 1.86. The maximum atomic E-state index is 4.90. The molecule has 0 amide bonds. The van der Waals surface area contributed by atoms with Crippen molar-refractivity contribution < 1.29 is 0 Å². The molecule has 0 atom stereocenters. The highest BCUT2D eigenvalue weighted by Crippen LogP contribution is 2.30. The number of anilines is 1. The van der Waals surface area contributed by atoms with E-state index in [1.54, 1.807) is 0 Å². The summed E-state index contributed by atoms with van der Waals surface area (Å²) in [6, 6.07) is 20.8. The van der Waals surface area contributed by atoms with Crippen LogP contribution >= 0.6 is 0 Å². The van der Waals surface area contributed by atoms with Crippen molar-refractivity contribution in [2.45, 2.75) is 19.9 Å². The molecule has 1 heterocycles. The van der Waals surface area contributed by atoms with Crippen molar-refractivity contribution >= 4 is 5.82 Å². The number of hydrogen-bond donors (Lipinski definition) is 0. The largest absolute Gasteiger partial charge is 0.356 e. The third-order valence-corrected chi connectivity index (χ3v) is 3.99. The van der Waals surface area contributed by atoms with Gasteiger partial charge in [-0.1, -0.05) is 60.7 Å². The summed E-state index contributed by atoms with van der Waals surface area (Å²) in [4.78, 5) is 11.8. The molecular formula is C20H21N3. The molecule has 3 heteroatoms. The van der Waals surface area contributed by atoms with E-state index in [0.29, 0.717) is 6.04 Å². The average Bonchev–Trinajstić information content (AvgIpc) is 2.62. The Morgan fingerprint density at radius 2 is 1.30 bits per heavy atom. The minimum absolute atomic E-state index is 0.371. The predicted molar refractivity (Wildman–Crippen MR) is 96.4 cm³/mol. The van der Waals surface area contributed by atoms with E-state index < -0.39 is 0 Å². The summed E-state index contributed by atoms with van der Waals surface area (Å²) in [5, 5.41) is 0. The van der Waals surface area contributed by atoms with Crippen LogP contribution in [0.3, 0.4) is 0 Å². The molecular weight excluding hydrogens is 282 g/mol. The molecule has 0 saturated carbocycles. The smallest absolute Gasteiger partial charge is 0.147 e. The number of aromatic nitrogens is 2. The SMILES string of the molecule is CC(C)N(C)c1cnc(-c2ccccc2)c(-c2ccccc2)n1. The first kappa shape index (κ1) is 15.2. The van der Waals surface area contributed by atoms with Crippen LogP contribution < -0.4 is 4.90 Å². The van der Waals surface area contributed by atoms with Gasteiger partial charge in [-0.25, -0.2) is 4.98 Å². The van der Waals surface area contributed by atoms with Gasteiger partial charge in [-0.05, 0) is 13.8 Å². The third-order valence-electron chi connectivity index (χ3n) is 3.99. The molecule has 0 radical (unpaired) electrons. The van der Waals surface area contributed by atoms with Gasteiger partial charge in [0.2, 0.25) is 0 Å². The van der Waals surface area contributed by atoms with Gasteiger partial charge in [0.25, 0.3) is 0 Å². The standard InChI is InChI=1S/C20H21N3/c1-15(2)23(3)18-14-21-19(16-10-6-4-7-11-16)20(22-18)17-12-8-5-9-13-17/h4-15H,1-3H3. The van der Waals surface area contributed by atoms with Crippen LogP contribution in [-0.2, 0) is 0 Å². The van der Waals surface area contributed by atoms with Crippen molar-refractivity contribution in [3.8, 4) is 22.5 Å². The zero-order chi connectivity index (χ0) is 16.2. The van der Waals surface area contributed by atoms with Gasteiger partial charge in [-0.2, -0.15) is 0 Å². The maximum absolute atomic E-state index is 4.90. The summed E-state index contributed by atoms with van der Waals surface area (Å²) in [5.41, 5.74) is 4.00. The van der Waals surface area contributed by atoms with Gasteiger partial charge < -0.3 is 4.90 Å². The van der Waals surface area contributed by atoms with Crippen molar-refractivity contribution in [3.05, 3.63) is 66.9 Å². The number of hydrogen-bond acceptors (Lipinski definition) is 3. The van der Waals surface area contributed by atoms with Crippen molar-refractivity contribution in [1.82, 2.24) is 9.97 Å². The number of benzene rings is 2. The first-order chi connectivity index (χ1) is 11.2. The Bertz CT molecular complexity index is 767. The monoisotopic (exact) mass is 303 g/mol. The van der Waals surface area contributed by atoms with Gasteiger partial charge in [0.15, 0.2) is 0 Å². The number of nitrogens with zero attached hydrogens (tertiary/aromatic N) is 3. The Hall–Kier alpha value is -2.68. The normalized spacial score (nSPS) is 10.8. The molecule has 0 bridgehead atoms. The number of rotatable bonds is 4. The second-order valence-electron chi connectivity index (χ2n) is 5.86. The van der Waals surface area contributed by atoms with Gasteiger partial charge in [-0.15, -0.1) is 0 Å². The van der Waals surface area contributed by atoms with E-state index in [4.69, 9.17) is 9.97 Å². The van der Waals surface area contributed by atoms with Crippen LogP contribution in [0.2, 0.25) is 0 Å². The molecule has 0 saturated heterocycles. The summed E-state index contributed by atoms with van der Waals surface area (Å²) in [6.45, 7) is 4.30. The van der Waals surface area contributed by atoms with Gasteiger partial charge in [0.05, 0.1) is 17.6 Å². The minimum atomic E-state index is 0.371. The molecule has 3 rings (SSSR count). The minimum Gasteiger partial charge on any atom is -0.356 e.